The molecule has 1 N–H and O–H groups in total. The van der Waals surface area contributed by atoms with E-state index in [1.165, 1.54) is 47.9 Å². The van der Waals surface area contributed by atoms with Crippen LogP contribution in [0.1, 0.15) is 56.4 Å². The highest BCUT2D eigenvalue weighted by molar-refractivity contribution is 9.10. The van der Waals surface area contributed by atoms with Crippen molar-refractivity contribution in [2.24, 2.45) is 5.92 Å². The molecule has 1 aliphatic carbocycles. The van der Waals surface area contributed by atoms with Crippen molar-refractivity contribution >= 4 is 27.3 Å². The van der Waals surface area contributed by atoms with Crippen LogP contribution in [0.4, 0.5) is 0 Å². The minimum atomic E-state index is 0.578. The summed E-state index contributed by atoms with van der Waals surface area (Å²) in [5.41, 5.74) is 0. The molecule has 1 atom stereocenters. The molecule has 0 aliphatic heterocycles. The predicted molar refractivity (Wildman–Crippen MR) is 79.6 cm³/mol. The van der Waals surface area contributed by atoms with Crippen LogP contribution in [-0.4, -0.2) is 6.54 Å². The van der Waals surface area contributed by atoms with Gasteiger partial charge < -0.3 is 5.32 Å². The third-order valence-electron chi connectivity index (χ3n) is 3.69. The average molecular weight is 316 g/mol. The lowest BCUT2D eigenvalue weighted by molar-refractivity contribution is 0.334. The van der Waals surface area contributed by atoms with Crippen LogP contribution < -0.4 is 5.32 Å². The van der Waals surface area contributed by atoms with Crippen molar-refractivity contribution in [1.82, 2.24) is 5.32 Å². The summed E-state index contributed by atoms with van der Waals surface area (Å²) in [5, 5.41) is 5.90. The van der Waals surface area contributed by atoms with Gasteiger partial charge in [-0.2, -0.15) is 0 Å². The van der Waals surface area contributed by atoms with Gasteiger partial charge in [0.2, 0.25) is 0 Å². The number of nitrogens with one attached hydrogen (secondary N) is 1. The van der Waals surface area contributed by atoms with Gasteiger partial charge in [0, 0.05) is 20.8 Å². The zero-order valence-electron chi connectivity index (χ0n) is 10.5. The summed E-state index contributed by atoms with van der Waals surface area (Å²) in [4.78, 5) is 1.51. The van der Waals surface area contributed by atoms with E-state index in [-0.39, 0.29) is 0 Å². The second kappa shape index (κ2) is 6.91. The maximum atomic E-state index is 3.70. The van der Waals surface area contributed by atoms with E-state index in [1.807, 2.05) is 11.3 Å². The van der Waals surface area contributed by atoms with E-state index in [1.54, 1.807) is 0 Å². The minimum Gasteiger partial charge on any atom is -0.309 e. The van der Waals surface area contributed by atoms with E-state index >= 15 is 0 Å². The summed E-state index contributed by atoms with van der Waals surface area (Å²) in [6.07, 6.45) is 8.49. The summed E-state index contributed by atoms with van der Waals surface area (Å²) in [7, 11) is 0. The molecule has 0 radical (unpaired) electrons. The topological polar surface area (TPSA) is 12.0 Å². The Kier molecular flexibility index (Phi) is 5.51. The summed E-state index contributed by atoms with van der Waals surface area (Å²) < 4.78 is 1.23. The molecule has 1 heterocycles. The van der Waals surface area contributed by atoms with E-state index < -0.39 is 0 Å². The number of hydrogen-bond acceptors (Lipinski definition) is 2. The number of thiophene rings is 1. The van der Waals surface area contributed by atoms with Crippen molar-refractivity contribution < 1.29 is 0 Å². The van der Waals surface area contributed by atoms with Gasteiger partial charge >= 0.3 is 0 Å². The summed E-state index contributed by atoms with van der Waals surface area (Å²) in [6, 6.07) is 2.87. The van der Waals surface area contributed by atoms with Crippen LogP contribution in [-0.2, 0) is 0 Å². The lowest BCUT2D eigenvalue weighted by Gasteiger charge is -2.26. The SMILES string of the molecule is CCNC(c1cc(Br)cs1)C1CCCCCC1. The average Bonchev–Trinajstić information content (AvgIpc) is 2.60. The fraction of sp³-hybridized carbons (Fsp3) is 0.714. The molecule has 3 heteroatoms. The monoisotopic (exact) mass is 315 g/mol. The Morgan fingerprint density at radius 1 is 1.35 bits per heavy atom. The molecule has 0 aromatic carbocycles. The Labute approximate surface area is 117 Å². The molecule has 17 heavy (non-hydrogen) atoms. The second-order valence-electron chi connectivity index (χ2n) is 4.95. The van der Waals surface area contributed by atoms with Crippen molar-refractivity contribution in [2.45, 2.75) is 51.5 Å². The Morgan fingerprint density at radius 2 is 2.06 bits per heavy atom. The third-order valence-corrected chi connectivity index (χ3v) is 5.47. The molecule has 1 unspecified atom stereocenters. The third kappa shape index (κ3) is 3.80. The minimum absolute atomic E-state index is 0.578. The molecule has 1 aromatic heterocycles. The largest absolute Gasteiger partial charge is 0.309 e. The number of hydrogen-bond donors (Lipinski definition) is 1. The maximum Gasteiger partial charge on any atom is 0.0443 e. The Balaban J connectivity index is 2.09. The predicted octanol–water partition coefficient (Wildman–Crippen LogP) is 5.13. The van der Waals surface area contributed by atoms with Crippen LogP contribution in [0.15, 0.2) is 15.9 Å². The van der Waals surface area contributed by atoms with E-state index in [2.05, 4.69) is 39.6 Å². The van der Waals surface area contributed by atoms with Crippen molar-refractivity contribution in [3.63, 3.8) is 0 Å². The van der Waals surface area contributed by atoms with Crippen molar-refractivity contribution in [2.75, 3.05) is 6.54 Å². The summed E-state index contributed by atoms with van der Waals surface area (Å²) in [6.45, 7) is 3.28. The molecule has 1 fully saturated rings. The van der Waals surface area contributed by atoms with Crippen LogP contribution in [0.2, 0.25) is 0 Å². The van der Waals surface area contributed by atoms with E-state index in [9.17, 15) is 0 Å². The lowest BCUT2D eigenvalue weighted by atomic mass is 9.91. The van der Waals surface area contributed by atoms with Gasteiger partial charge in [0.15, 0.2) is 0 Å². The van der Waals surface area contributed by atoms with Crippen LogP contribution in [0.3, 0.4) is 0 Å². The summed E-state index contributed by atoms with van der Waals surface area (Å²) >= 11 is 5.46. The van der Waals surface area contributed by atoms with Gasteiger partial charge in [-0.3, -0.25) is 0 Å². The van der Waals surface area contributed by atoms with Crippen molar-refractivity contribution in [3.05, 3.63) is 20.8 Å². The van der Waals surface area contributed by atoms with E-state index in [0.29, 0.717) is 6.04 Å². The normalized spacial score (nSPS) is 20.1. The number of halogens is 1. The number of rotatable bonds is 4. The zero-order chi connectivity index (χ0) is 12.1. The highest BCUT2D eigenvalue weighted by atomic mass is 79.9. The highest BCUT2D eigenvalue weighted by Crippen LogP contribution is 2.36. The molecule has 96 valence electrons. The molecular weight excluding hydrogens is 294 g/mol. The first-order valence-corrected chi connectivity index (χ1v) is 8.46. The first kappa shape index (κ1) is 13.6. The smallest absolute Gasteiger partial charge is 0.0443 e. The molecule has 0 amide bonds. The lowest BCUT2D eigenvalue weighted by Crippen LogP contribution is -2.27. The first-order valence-electron chi connectivity index (χ1n) is 6.78. The molecule has 1 aliphatic rings. The fourth-order valence-electron chi connectivity index (χ4n) is 2.86. The van der Waals surface area contributed by atoms with Crippen LogP contribution >= 0.6 is 27.3 Å². The van der Waals surface area contributed by atoms with E-state index in [4.69, 9.17) is 0 Å². The van der Waals surface area contributed by atoms with Gasteiger partial charge in [0.25, 0.3) is 0 Å². The molecule has 0 saturated heterocycles. The van der Waals surface area contributed by atoms with Gasteiger partial charge in [-0.05, 0) is 47.3 Å². The molecule has 2 rings (SSSR count). The Morgan fingerprint density at radius 3 is 2.59 bits per heavy atom. The van der Waals surface area contributed by atoms with Crippen LogP contribution in [0.5, 0.6) is 0 Å². The quantitative estimate of drug-likeness (QED) is 0.759. The summed E-state index contributed by atoms with van der Waals surface area (Å²) in [5.74, 6) is 0.836. The molecule has 1 nitrogen and oxygen atoms in total. The van der Waals surface area contributed by atoms with Gasteiger partial charge in [0.1, 0.15) is 0 Å². The maximum absolute atomic E-state index is 3.70. The zero-order valence-corrected chi connectivity index (χ0v) is 12.9. The van der Waals surface area contributed by atoms with Crippen LogP contribution in [0, 0.1) is 5.92 Å². The van der Waals surface area contributed by atoms with Crippen LogP contribution in [0.25, 0.3) is 0 Å². The van der Waals surface area contributed by atoms with Gasteiger partial charge in [-0.15, -0.1) is 11.3 Å². The molecular formula is C14H22BrNS. The van der Waals surface area contributed by atoms with Crippen molar-refractivity contribution in [1.29, 1.82) is 0 Å². The highest BCUT2D eigenvalue weighted by Gasteiger charge is 2.24. The van der Waals surface area contributed by atoms with E-state index in [0.717, 1.165) is 12.5 Å². The molecule has 1 saturated carbocycles. The Hall–Kier alpha value is 0.140. The molecule has 0 bridgehead atoms. The molecule has 0 spiro atoms. The standard InChI is InChI=1S/C14H22BrNS/c1-2-16-14(13-9-12(15)10-17-13)11-7-5-3-4-6-8-11/h9-11,14,16H,2-8H2,1H3. The van der Waals surface area contributed by atoms with Crippen molar-refractivity contribution in [3.8, 4) is 0 Å². The molecule has 1 aromatic rings. The fourth-order valence-corrected chi connectivity index (χ4v) is 4.47. The first-order chi connectivity index (χ1) is 8.31. The Bertz CT molecular complexity index is 329. The van der Waals surface area contributed by atoms with Gasteiger partial charge in [0.05, 0.1) is 0 Å². The van der Waals surface area contributed by atoms with Gasteiger partial charge in [-0.1, -0.05) is 32.6 Å². The second-order valence-corrected chi connectivity index (χ2v) is 6.81. The van der Waals surface area contributed by atoms with Gasteiger partial charge in [-0.25, -0.2) is 0 Å².